The molecule has 5 heteroatoms. The van der Waals surface area contributed by atoms with Crippen molar-refractivity contribution in [3.8, 4) is 0 Å². The quantitative estimate of drug-likeness (QED) is 0.331. The van der Waals surface area contributed by atoms with Crippen molar-refractivity contribution in [1.82, 2.24) is 10.6 Å². The fourth-order valence-electron chi connectivity index (χ4n) is 2.48. The van der Waals surface area contributed by atoms with E-state index in [1.807, 2.05) is 55.5 Å². The molecule has 1 atom stereocenters. The Morgan fingerprint density at radius 2 is 1.62 bits per heavy atom. The first-order chi connectivity index (χ1) is 12.6. The van der Waals surface area contributed by atoms with E-state index in [-0.39, 0.29) is 11.5 Å². The standard InChI is InChI=1S/C21H22N2O3/c1-2-22-21(26)19(14-17-11-7-4-8-12-17)23-20(25)18(15-24)13-16-9-5-3-6-10-16/h3-13,15,19H,2,14H2,1H3,(H,22,26)(H,23,25). The molecule has 5 nitrogen and oxygen atoms in total. The lowest BCUT2D eigenvalue weighted by atomic mass is 10.0. The molecule has 0 aliphatic rings. The number of carbonyl (C=O) groups excluding carboxylic acids is 3. The van der Waals surface area contributed by atoms with Gasteiger partial charge in [-0.2, -0.15) is 0 Å². The van der Waals surface area contributed by atoms with Crippen molar-refractivity contribution in [2.75, 3.05) is 6.54 Å². The molecule has 0 aromatic heterocycles. The summed E-state index contributed by atoms with van der Waals surface area (Å²) < 4.78 is 0. The van der Waals surface area contributed by atoms with E-state index in [1.54, 1.807) is 12.1 Å². The van der Waals surface area contributed by atoms with Crippen LogP contribution in [0, 0.1) is 0 Å². The van der Waals surface area contributed by atoms with E-state index >= 15 is 0 Å². The van der Waals surface area contributed by atoms with Crippen molar-refractivity contribution in [3.05, 3.63) is 77.4 Å². The van der Waals surface area contributed by atoms with Crippen LogP contribution < -0.4 is 10.6 Å². The molecular formula is C21H22N2O3. The zero-order valence-electron chi connectivity index (χ0n) is 14.6. The highest BCUT2D eigenvalue weighted by Crippen LogP contribution is 2.08. The molecule has 0 saturated carbocycles. The fourth-order valence-corrected chi connectivity index (χ4v) is 2.48. The maximum Gasteiger partial charge on any atom is 0.255 e. The molecule has 0 aliphatic carbocycles. The fraction of sp³-hybridized carbons (Fsp3) is 0.190. The third-order valence-corrected chi connectivity index (χ3v) is 3.77. The lowest BCUT2D eigenvalue weighted by Gasteiger charge is -2.18. The molecular weight excluding hydrogens is 328 g/mol. The van der Waals surface area contributed by atoms with Gasteiger partial charge in [-0.05, 0) is 24.1 Å². The summed E-state index contributed by atoms with van der Waals surface area (Å²) in [5, 5.41) is 5.39. The minimum atomic E-state index is -0.760. The highest BCUT2D eigenvalue weighted by atomic mass is 16.2. The zero-order chi connectivity index (χ0) is 18.8. The summed E-state index contributed by atoms with van der Waals surface area (Å²) in [6.07, 6.45) is 2.34. The number of hydrogen-bond acceptors (Lipinski definition) is 3. The van der Waals surface area contributed by atoms with Crippen LogP contribution in [0.2, 0.25) is 0 Å². The summed E-state index contributed by atoms with van der Waals surface area (Å²) in [5.41, 5.74) is 1.63. The van der Waals surface area contributed by atoms with Gasteiger partial charge in [0.1, 0.15) is 6.04 Å². The number of nitrogens with one attached hydrogen (secondary N) is 2. The minimum absolute atomic E-state index is 0.0291. The lowest BCUT2D eigenvalue weighted by Crippen LogP contribution is -2.48. The highest BCUT2D eigenvalue weighted by Gasteiger charge is 2.22. The predicted octanol–water partition coefficient (Wildman–Crippen LogP) is 2.13. The predicted molar refractivity (Wildman–Crippen MR) is 101 cm³/mol. The first kappa shape index (κ1) is 19.1. The third kappa shape index (κ3) is 5.70. The monoisotopic (exact) mass is 350 g/mol. The van der Waals surface area contributed by atoms with Crippen LogP contribution in [0.3, 0.4) is 0 Å². The second-order valence-corrected chi connectivity index (χ2v) is 5.74. The first-order valence-corrected chi connectivity index (χ1v) is 8.48. The zero-order valence-corrected chi connectivity index (χ0v) is 14.6. The van der Waals surface area contributed by atoms with Crippen LogP contribution >= 0.6 is 0 Å². The van der Waals surface area contributed by atoms with Crippen LogP contribution in [0.1, 0.15) is 18.1 Å². The molecule has 26 heavy (non-hydrogen) atoms. The van der Waals surface area contributed by atoms with Crippen molar-refractivity contribution < 1.29 is 14.4 Å². The lowest BCUT2D eigenvalue weighted by molar-refractivity contribution is -0.127. The molecule has 2 N–H and O–H groups in total. The van der Waals surface area contributed by atoms with Gasteiger partial charge in [-0.25, -0.2) is 0 Å². The molecule has 0 saturated heterocycles. The first-order valence-electron chi connectivity index (χ1n) is 8.48. The van der Waals surface area contributed by atoms with E-state index < -0.39 is 11.9 Å². The average Bonchev–Trinajstić information content (AvgIpc) is 2.67. The molecule has 2 aromatic carbocycles. The van der Waals surface area contributed by atoms with Gasteiger partial charge in [-0.15, -0.1) is 0 Å². The number of amides is 2. The van der Waals surface area contributed by atoms with Gasteiger partial charge in [-0.1, -0.05) is 60.7 Å². The molecule has 0 aliphatic heterocycles. The van der Waals surface area contributed by atoms with Gasteiger partial charge < -0.3 is 10.6 Å². The summed E-state index contributed by atoms with van der Waals surface area (Å²) in [6, 6.07) is 17.7. The van der Waals surface area contributed by atoms with Gasteiger partial charge in [0.2, 0.25) is 5.91 Å². The van der Waals surface area contributed by atoms with Crippen molar-refractivity contribution in [2.45, 2.75) is 19.4 Å². The van der Waals surface area contributed by atoms with E-state index in [2.05, 4.69) is 10.6 Å². The Morgan fingerprint density at radius 1 is 1.00 bits per heavy atom. The molecule has 0 bridgehead atoms. The van der Waals surface area contributed by atoms with E-state index in [1.165, 1.54) is 6.08 Å². The Hall–Kier alpha value is -3.21. The maximum atomic E-state index is 12.5. The minimum Gasteiger partial charge on any atom is -0.355 e. The van der Waals surface area contributed by atoms with Crippen LogP contribution in [-0.4, -0.2) is 30.7 Å². The number of aldehydes is 1. The van der Waals surface area contributed by atoms with Crippen LogP contribution in [0.15, 0.2) is 66.2 Å². The number of hydrogen-bond donors (Lipinski definition) is 2. The second kappa shape index (κ2) is 9.93. The summed E-state index contributed by atoms with van der Waals surface area (Å²) in [6.45, 7) is 2.27. The summed E-state index contributed by atoms with van der Waals surface area (Å²) >= 11 is 0. The Labute approximate surface area is 153 Å². The molecule has 0 spiro atoms. The van der Waals surface area contributed by atoms with E-state index in [0.717, 1.165) is 11.1 Å². The highest BCUT2D eigenvalue weighted by molar-refractivity contribution is 6.15. The van der Waals surface area contributed by atoms with Crippen LogP contribution in [0.4, 0.5) is 0 Å². The van der Waals surface area contributed by atoms with Crippen LogP contribution in [0.5, 0.6) is 0 Å². The Kier molecular flexibility index (Phi) is 7.31. The molecule has 134 valence electrons. The van der Waals surface area contributed by atoms with Crippen molar-refractivity contribution in [2.24, 2.45) is 0 Å². The molecule has 2 rings (SSSR count). The summed E-state index contributed by atoms with van der Waals surface area (Å²) in [7, 11) is 0. The van der Waals surface area contributed by atoms with Gasteiger partial charge >= 0.3 is 0 Å². The number of benzene rings is 2. The SMILES string of the molecule is CCNC(=O)C(Cc1ccccc1)NC(=O)C(C=O)=Cc1ccccc1. The average molecular weight is 350 g/mol. The van der Waals surface area contributed by atoms with Crippen molar-refractivity contribution in [3.63, 3.8) is 0 Å². The van der Waals surface area contributed by atoms with E-state index in [0.29, 0.717) is 19.3 Å². The van der Waals surface area contributed by atoms with Gasteiger partial charge in [-0.3, -0.25) is 14.4 Å². The largest absolute Gasteiger partial charge is 0.355 e. The van der Waals surface area contributed by atoms with Crippen molar-refractivity contribution >= 4 is 24.2 Å². The van der Waals surface area contributed by atoms with Gasteiger partial charge in [0, 0.05) is 13.0 Å². The third-order valence-electron chi connectivity index (χ3n) is 3.77. The second-order valence-electron chi connectivity index (χ2n) is 5.74. The van der Waals surface area contributed by atoms with Crippen LogP contribution in [-0.2, 0) is 20.8 Å². The van der Waals surface area contributed by atoms with Crippen LogP contribution in [0.25, 0.3) is 6.08 Å². The summed E-state index contributed by atoms with van der Waals surface area (Å²) in [5.74, 6) is -0.856. The normalized spacial score (nSPS) is 12.1. The van der Waals surface area contributed by atoms with E-state index in [9.17, 15) is 14.4 Å². The molecule has 0 fully saturated rings. The molecule has 2 amide bonds. The van der Waals surface area contributed by atoms with Gasteiger partial charge in [0.05, 0.1) is 5.57 Å². The summed E-state index contributed by atoms with van der Waals surface area (Å²) in [4.78, 5) is 36.2. The number of carbonyl (C=O) groups is 3. The van der Waals surface area contributed by atoms with Crippen molar-refractivity contribution in [1.29, 1.82) is 0 Å². The van der Waals surface area contributed by atoms with Gasteiger partial charge in [0.25, 0.3) is 5.91 Å². The Morgan fingerprint density at radius 3 is 2.19 bits per heavy atom. The molecule has 1 unspecified atom stereocenters. The number of likely N-dealkylation sites (N-methyl/N-ethyl adjacent to an activating group) is 1. The Balaban J connectivity index is 2.17. The smallest absolute Gasteiger partial charge is 0.255 e. The molecule has 0 heterocycles. The molecule has 2 aromatic rings. The topological polar surface area (TPSA) is 75.3 Å². The molecule has 0 radical (unpaired) electrons. The maximum absolute atomic E-state index is 12.5. The van der Waals surface area contributed by atoms with Gasteiger partial charge in [0.15, 0.2) is 6.29 Å². The van der Waals surface area contributed by atoms with E-state index in [4.69, 9.17) is 0 Å². The Bertz CT molecular complexity index is 770. The number of rotatable bonds is 8.